The Morgan fingerprint density at radius 2 is 2.08 bits per heavy atom. The van der Waals surface area contributed by atoms with Crippen molar-refractivity contribution in [1.82, 2.24) is 0 Å². The van der Waals surface area contributed by atoms with Crippen LogP contribution in [0.1, 0.15) is 25.0 Å². The standard InChI is InChI=1S/C12H16O/c1-3-13-12-5-4-10-6-9(2)7-11(10)8-12/h4-5,8-9H,3,6-7H2,1-2H3. The Kier molecular flexibility index (Phi) is 2.26. The summed E-state index contributed by atoms with van der Waals surface area (Å²) in [6.07, 6.45) is 2.46. The zero-order valence-corrected chi connectivity index (χ0v) is 8.34. The fourth-order valence-electron chi connectivity index (χ4n) is 2.07. The average Bonchev–Trinajstić information content (AvgIpc) is 2.44. The summed E-state index contributed by atoms with van der Waals surface area (Å²) in [4.78, 5) is 0. The van der Waals surface area contributed by atoms with Crippen LogP contribution >= 0.6 is 0 Å². The van der Waals surface area contributed by atoms with Gasteiger partial charge in [0.25, 0.3) is 0 Å². The molecule has 1 aliphatic carbocycles. The molecule has 0 N–H and O–H groups in total. The first-order chi connectivity index (χ1) is 6.29. The largest absolute Gasteiger partial charge is 0.494 e. The summed E-state index contributed by atoms with van der Waals surface area (Å²) in [6.45, 7) is 5.09. The topological polar surface area (TPSA) is 9.23 Å². The first-order valence-electron chi connectivity index (χ1n) is 5.04. The van der Waals surface area contributed by atoms with Gasteiger partial charge in [-0.3, -0.25) is 0 Å². The van der Waals surface area contributed by atoms with Crippen LogP contribution in [0.5, 0.6) is 5.75 Å². The molecule has 0 saturated carbocycles. The van der Waals surface area contributed by atoms with E-state index in [0.29, 0.717) is 0 Å². The van der Waals surface area contributed by atoms with Gasteiger partial charge in [-0.15, -0.1) is 0 Å². The molecule has 0 bridgehead atoms. The van der Waals surface area contributed by atoms with E-state index in [2.05, 4.69) is 25.1 Å². The van der Waals surface area contributed by atoms with Crippen LogP contribution in [0.25, 0.3) is 0 Å². The first kappa shape index (κ1) is 8.61. The van der Waals surface area contributed by atoms with Crippen molar-refractivity contribution < 1.29 is 4.74 Å². The minimum absolute atomic E-state index is 0.758. The lowest BCUT2D eigenvalue weighted by Crippen LogP contribution is -1.92. The van der Waals surface area contributed by atoms with Crippen molar-refractivity contribution in [1.29, 1.82) is 0 Å². The van der Waals surface area contributed by atoms with E-state index in [0.717, 1.165) is 18.3 Å². The molecular formula is C12H16O. The maximum Gasteiger partial charge on any atom is 0.119 e. The van der Waals surface area contributed by atoms with Crippen LogP contribution in [0.2, 0.25) is 0 Å². The summed E-state index contributed by atoms with van der Waals surface area (Å²) in [5, 5.41) is 0. The van der Waals surface area contributed by atoms with Crippen LogP contribution < -0.4 is 4.74 Å². The molecular weight excluding hydrogens is 160 g/mol. The quantitative estimate of drug-likeness (QED) is 0.673. The van der Waals surface area contributed by atoms with Crippen molar-refractivity contribution in [3.8, 4) is 5.75 Å². The third-order valence-corrected chi connectivity index (χ3v) is 2.63. The van der Waals surface area contributed by atoms with Crippen molar-refractivity contribution >= 4 is 0 Å². The highest BCUT2D eigenvalue weighted by atomic mass is 16.5. The molecule has 0 spiro atoms. The molecule has 0 heterocycles. The fourth-order valence-corrected chi connectivity index (χ4v) is 2.07. The van der Waals surface area contributed by atoms with Crippen molar-refractivity contribution in [2.45, 2.75) is 26.7 Å². The van der Waals surface area contributed by atoms with E-state index in [-0.39, 0.29) is 0 Å². The molecule has 1 heteroatoms. The lowest BCUT2D eigenvalue weighted by atomic mass is 10.1. The molecule has 70 valence electrons. The molecule has 0 saturated heterocycles. The van der Waals surface area contributed by atoms with E-state index in [9.17, 15) is 0 Å². The molecule has 0 aliphatic heterocycles. The van der Waals surface area contributed by atoms with Crippen LogP contribution in [0, 0.1) is 5.92 Å². The summed E-state index contributed by atoms with van der Waals surface area (Å²) in [5.41, 5.74) is 2.99. The highest BCUT2D eigenvalue weighted by Crippen LogP contribution is 2.29. The summed E-state index contributed by atoms with van der Waals surface area (Å²) in [7, 11) is 0. The number of ether oxygens (including phenoxy) is 1. The average molecular weight is 176 g/mol. The second kappa shape index (κ2) is 3.41. The molecule has 2 rings (SSSR count). The van der Waals surface area contributed by atoms with Crippen LogP contribution in [0.4, 0.5) is 0 Å². The van der Waals surface area contributed by atoms with Crippen LogP contribution in [-0.2, 0) is 12.8 Å². The molecule has 1 unspecified atom stereocenters. The van der Waals surface area contributed by atoms with Crippen LogP contribution in [0.3, 0.4) is 0 Å². The zero-order chi connectivity index (χ0) is 9.26. The lowest BCUT2D eigenvalue weighted by Gasteiger charge is -2.04. The Bertz CT molecular complexity index is 304. The van der Waals surface area contributed by atoms with Gasteiger partial charge in [0, 0.05) is 0 Å². The van der Waals surface area contributed by atoms with Gasteiger partial charge in [-0.25, -0.2) is 0 Å². The summed E-state index contributed by atoms with van der Waals surface area (Å²) < 4.78 is 5.47. The maximum atomic E-state index is 5.47. The Morgan fingerprint density at radius 3 is 2.85 bits per heavy atom. The SMILES string of the molecule is CCOc1ccc2c(c1)CC(C)C2. The van der Waals surface area contributed by atoms with Gasteiger partial charge in [-0.1, -0.05) is 13.0 Å². The van der Waals surface area contributed by atoms with Gasteiger partial charge in [-0.2, -0.15) is 0 Å². The molecule has 1 aromatic rings. The highest BCUT2D eigenvalue weighted by Gasteiger charge is 2.17. The Labute approximate surface area is 79.7 Å². The normalized spacial score (nSPS) is 20.0. The molecule has 1 atom stereocenters. The van der Waals surface area contributed by atoms with Crippen molar-refractivity contribution in [3.05, 3.63) is 29.3 Å². The predicted molar refractivity (Wildman–Crippen MR) is 54.2 cm³/mol. The van der Waals surface area contributed by atoms with E-state index in [1.54, 1.807) is 0 Å². The van der Waals surface area contributed by atoms with Crippen molar-refractivity contribution in [3.63, 3.8) is 0 Å². The number of benzene rings is 1. The molecule has 1 aliphatic rings. The number of rotatable bonds is 2. The van der Waals surface area contributed by atoms with E-state index in [4.69, 9.17) is 4.74 Å². The smallest absolute Gasteiger partial charge is 0.119 e. The molecule has 13 heavy (non-hydrogen) atoms. The van der Waals surface area contributed by atoms with Gasteiger partial charge in [0.05, 0.1) is 6.61 Å². The second-order valence-electron chi connectivity index (χ2n) is 3.88. The molecule has 0 aromatic heterocycles. The van der Waals surface area contributed by atoms with Gasteiger partial charge in [0.1, 0.15) is 5.75 Å². The van der Waals surface area contributed by atoms with Crippen LogP contribution in [0.15, 0.2) is 18.2 Å². The van der Waals surface area contributed by atoms with E-state index in [1.165, 1.54) is 24.0 Å². The Balaban J connectivity index is 2.24. The van der Waals surface area contributed by atoms with Crippen molar-refractivity contribution in [2.24, 2.45) is 5.92 Å². The van der Waals surface area contributed by atoms with Crippen molar-refractivity contribution in [2.75, 3.05) is 6.61 Å². The third-order valence-electron chi connectivity index (χ3n) is 2.63. The molecule has 1 nitrogen and oxygen atoms in total. The first-order valence-corrected chi connectivity index (χ1v) is 5.04. The summed E-state index contributed by atoms with van der Waals surface area (Å²) >= 11 is 0. The van der Waals surface area contributed by atoms with Crippen LogP contribution in [-0.4, -0.2) is 6.61 Å². The minimum atomic E-state index is 0.758. The Morgan fingerprint density at radius 1 is 1.31 bits per heavy atom. The van der Waals surface area contributed by atoms with E-state index >= 15 is 0 Å². The number of hydrogen-bond acceptors (Lipinski definition) is 1. The second-order valence-corrected chi connectivity index (χ2v) is 3.88. The molecule has 0 amide bonds. The molecule has 1 aromatic carbocycles. The maximum absolute atomic E-state index is 5.47. The van der Waals surface area contributed by atoms with Gasteiger partial charge >= 0.3 is 0 Å². The molecule has 0 fully saturated rings. The molecule has 0 radical (unpaired) electrons. The van der Waals surface area contributed by atoms with Gasteiger partial charge in [0.2, 0.25) is 0 Å². The fraction of sp³-hybridized carbons (Fsp3) is 0.500. The monoisotopic (exact) mass is 176 g/mol. The van der Waals surface area contributed by atoms with E-state index in [1.807, 2.05) is 6.92 Å². The number of hydrogen-bond donors (Lipinski definition) is 0. The summed E-state index contributed by atoms with van der Waals surface area (Å²) in [6, 6.07) is 6.49. The summed E-state index contributed by atoms with van der Waals surface area (Å²) in [5.74, 6) is 1.84. The highest BCUT2D eigenvalue weighted by molar-refractivity contribution is 5.38. The zero-order valence-electron chi connectivity index (χ0n) is 8.34. The lowest BCUT2D eigenvalue weighted by molar-refractivity contribution is 0.340. The van der Waals surface area contributed by atoms with Gasteiger partial charge in [0.15, 0.2) is 0 Å². The van der Waals surface area contributed by atoms with E-state index < -0.39 is 0 Å². The third kappa shape index (κ3) is 1.69. The minimum Gasteiger partial charge on any atom is -0.494 e. The van der Waals surface area contributed by atoms with Gasteiger partial charge < -0.3 is 4.74 Å². The predicted octanol–water partition coefficient (Wildman–Crippen LogP) is 2.82. The van der Waals surface area contributed by atoms with Gasteiger partial charge in [-0.05, 0) is 48.9 Å². The number of fused-ring (bicyclic) bond motifs is 1. The Hall–Kier alpha value is -0.980.